The van der Waals surface area contributed by atoms with Crippen LogP contribution >= 0.6 is 0 Å². The number of carbonyl (C=O) groups is 2. The van der Waals surface area contributed by atoms with Crippen molar-refractivity contribution in [3.63, 3.8) is 0 Å². The summed E-state index contributed by atoms with van der Waals surface area (Å²) in [5.74, 6) is -0.572. The lowest BCUT2D eigenvalue weighted by atomic mass is 9.63. The van der Waals surface area contributed by atoms with E-state index in [1.54, 1.807) is 20.8 Å². The van der Waals surface area contributed by atoms with Gasteiger partial charge in [0.2, 0.25) is 0 Å². The van der Waals surface area contributed by atoms with E-state index in [1.165, 1.54) is 0 Å². The van der Waals surface area contributed by atoms with Gasteiger partial charge >= 0.3 is 12.1 Å². The smallest absolute Gasteiger partial charge is 0.408 e. The van der Waals surface area contributed by atoms with Crippen LogP contribution in [0.5, 0.6) is 0 Å². The minimum absolute atomic E-state index is 0.0162. The molecule has 5 heteroatoms. The van der Waals surface area contributed by atoms with Crippen molar-refractivity contribution in [2.75, 3.05) is 0 Å². The van der Waals surface area contributed by atoms with Crippen molar-refractivity contribution in [2.24, 2.45) is 11.8 Å². The lowest BCUT2D eigenvalue weighted by molar-refractivity contribution is -0.153. The van der Waals surface area contributed by atoms with Crippen molar-refractivity contribution in [3.8, 4) is 0 Å². The minimum atomic E-state index is -1.15. The fourth-order valence-corrected chi connectivity index (χ4v) is 2.51. The van der Waals surface area contributed by atoms with E-state index in [0.717, 1.165) is 12.8 Å². The number of nitrogens with one attached hydrogen (secondary N) is 1. The molecule has 1 rings (SSSR count). The molecule has 19 heavy (non-hydrogen) atoms. The minimum Gasteiger partial charge on any atom is -0.479 e. The Bertz CT molecular complexity index is 359. The van der Waals surface area contributed by atoms with Crippen LogP contribution in [0.15, 0.2) is 0 Å². The number of aliphatic carboxylic acids is 1. The highest BCUT2D eigenvalue weighted by molar-refractivity contribution is 5.86. The summed E-state index contributed by atoms with van der Waals surface area (Å²) in [5, 5.41) is 12.0. The summed E-state index contributed by atoms with van der Waals surface area (Å²) in [5.41, 5.74) is -1.77. The van der Waals surface area contributed by atoms with Crippen molar-refractivity contribution in [1.29, 1.82) is 0 Å². The van der Waals surface area contributed by atoms with E-state index in [0.29, 0.717) is 12.3 Å². The highest BCUT2D eigenvalue weighted by atomic mass is 16.6. The Kier molecular flexibility index (Phi) is 4.48. The van der Waals surface area contributed by atoms with Gasteiger partial charge in [0.1, 0.15) is 11.1 Å². The summed E-state index contributed by atoms with van der Waals surface area (Å²) in [6.07, 6.45) is 1.45. The molecule has 0 aromatic carbocycles. The first-order valence-electron chi connectivity index (χ1n) is 6.81. The van der Waals surface area contributed by atoms with Gasteiger partial charge < -0.3 is 15.2 Å². The molecule has 5 nitrogen and oxygen atoms in total. The molecule has 2 atom stereocenters. The summed E-state index contributed by atoms with van der Waals surface area (Å²) in [4.78, 5) is 23.3. The predicted octanol–water partition coefficient (Wildman–Crippen LogP) is 2.79. The number of amides is 1. The molecule has 0 saturated heterocycles. The fraction of sp³-hybridized carbons (Fsp3) is 0.857. The second kappa shape index (κ2) is 5.39. The van der Waals surface area contributed by atoms with E-state index in [-0.39, 0.29) is 5.92 Å². The van der Waals surface area contributed by atoms with Crippen LogP contribution in [0.1, 0.15) is 53.9 Å². The quantitative estimate of drug-likeness (QED) is 0.824. The maximum Gasteiger partial charge on any atom is 0.408 e. The van der Waals surface area contributed by atoms with E-state index >= 15 is 0 Å². The molecule has 1 fully saturated rings. The molecule has 110 valence electrons. The number of hydrogen-bond acceptors (Lipinski definition) is 3. The van der Waals surface area contributed by atoms with Crippen LogP contribution in [0.4, 0.5) is 4.79 Å². The highest BCUT2D eigenvalue weighted by Crippen LogP contribution is 2.43. The second-order valence-electron chi connectivity index (χ2n) is 6.77. The molecule has 1 aliphatic carbocycles. The number of ether oxygens (including phenoxy) is 1. The largest absolute Gasteiger partial charge is 0.479 e. The maximum absolute atomic E-state index is 11.8. The summed E-state index contributed by atoms with van der Waals surface area (Å²) in [6, 6.07) is 0. The number of rotatable bonds is 4. The van der Waals surface area contributed by atoms with Crippen LogP contribution in [0.3, 0.4) is 0 Å². The summed E-state index contributed by atoms with van der Waals surface area (Å²) in [7, 11) is 0. The summed E-state index contributed by atoms with van der Waals surface area (Å²) < 4.78 is 5.16. The average molecular weight is 271 g/mol. The van der Waals surface area contributed by atoms with E-state index in [2.05, 4.69) is 19.2 Å². The van der Waals surface area contributed by atoms with Crippen LogP contribution in [0.25, 0.3) is 0 Å². The molecule has 0 heterocycles. The molecule has 0 aromatic heterocycles. The lowest BCUT2D eigenvalue weighted by Crippen LogP contribution is -2.65. The molecule has 0 bridgehead atoms. The maximum atomic E-state index is 11.8. The first-order valence-corrected chi connectivity index (χ1v) is 6.81. The first-order chi connectivity index (χ1) is 8.57. The zero-order chi connectivity index (χ0) is 14.8. The van der Waals surface area contributed by atoms with E-state index in [1.807, 2.05) is 0 Å². The van der Waals surface area contributed by atoms with Gasteiger partial charge in [0.25, 0.3) is 0 Å². The van der Waals surface area contributed by atoms with Crippen LogP contribution in [0, 0.1) is 11.8 Å². The van der Waals surface area contributed by atoms with Crippen molar-refractivity contribution in [2.45, 2.75) is 65.0 Å². The monoisotopic (exact) mass is 271 g/mol. The molecule has 0 spiro atoms. The zero-order valence-corrected chi connectivity index (χ0v) is 12.4. The number of carboxylic acids is 1. The third-order valence-corrected chi connectivity index (χ3v) is 3.45. The van der Waals surface area contributed by atoms with Crippen LogP contribution in [0.2, 0.25) is 0 Å². The van der Waals surface area contributed by atoms with Gasteiger partial charge in [-0.2, -0.15) is 0 Å². The lowest BCUT2D eigenvalue weighted by Gasteiger charge is -2.47. The molecule has 0 radical (unpaired) electrons. The third kappa shape index (κ3) is 3.85. The van der Waals surface area contributed by atoms with E-state index < -0.39 is 23.2 Å². The average Bonchev–Trinajstić information content (AvgIpc) is 2.17. The Labute approximate surface area is 114 Å². The Hall–Kier alpha value is -1.26. The van der Waals surface area contributed by atoms with Crippen molar-refractivity contribution in [3.05, 3.63) is 0 Å². The van der Waals surface area contributed by atoms with Gasteiger partial charge in [0.15, 0.2) is 0 Å². The molecule has 1 amide bonds. The molecule has 1 saturated carbocycles. The molecule has 2 N–H and O–H groups in total. The molecular weight excluding hydrogens is 246 g/mol. The van der Waals surface area contributed by atoms with Crippen molar-refractivity contribution < 1.29 is 19.4 Å². The van der Waals surface area contributed by atoms with E-state index in [9.17, 15) is 14.7 Å². The second-order valence-corrected chi connectivity index (χ2v) is 6.77. The van der Waals surface area contributed by atoms with Gasteiger partial charge in [-0.25, -0.2) is 9.59 Å². The SMILES string of the molecule is CC(C)CC1CCC1(NC(=O)OC(C)(C)C)C(=O)O. The number of carbonyl (C=O) groups excluding carboxylic acids is 1. The van der Waals surface area contributed by atoms with Crippen LogP contribution in [-0.4, -0.2) is 28.3 Å². The molecule has 0 aliphatic heterocycles. The van der Waals surface area contributed by atoms with Gasteiger partial charge in [0, 0.05) is 0 Å². The topological polar surface area (TPSA) is 75.6 Å². The van der Waals surface area contributed by atoms with Crippen molar-refractivity contribution in [1.82, 2.24) is 5.32 Å². The molecular formula is C14H25NO4. The van der Waals surface area contributed by atoms with Gasteiger partial charge in [0.05, 0.1) is 0 Å². The number of hydrogen-bond donors (Lipinski definition) is 2. The molecule has 1 aliphatic rings. The summed E-state index contributed by atoms with van der Waals surface area (Å²) >= 11 is 0. The Morgan fingerprint density at radius 1 is 1.42 bits per heavy atom. The van der Waals surface area contributed by atoms with Crippen LogP contribution in [-0.2, 0) is 9.53 Å². The standard InChI is InChI=1S/C14H25NO4/c1-9(2)8-10-6-7-14(10,11(16)17)15-12(18)19-13(3,4)5/h9-10H,6-8H2,1-5H3,(H,15,18)(H,16,17). The number of alkyl carbamates (subject to hydrolysis) is 1. The predicted molar refractivity (Wildman–Crippen MR) is 71.9 cm³/mol. The van der Waals surface area contributed by atoms with Gasteiger partial charge in [-0.15, -0.1) is 0 Å². The normalized spacial score (nSPS) is 26.7. The Morgan fingerprint density at radius 3 is 2.32 bits per heavy atom. The molecule has 0 aromatic rings. The summed E-state index contributed by atoms with van der Waals surface area (Å²) in [6.45, 7) is 9.38. The first kappa shape index (κ1) is 15.8. The Balaban J connectivity index is 2.74. The van der Waals surface area contributed by atoms with Gasteiger partial charge in [-0.05, 0) is 51.9 Å². The van der Waals surface area contributed by atoms with Crippen LogP contribution < -0.4 is 5.32 Å². The fourth-order valence-electron chi connectivity index (χ4n) is 2.51. The zero-order valence-electron chi connectivity index (χ0n) is 12.4. The molecule has 2 unspecified atom stereocenters. The van der Waals surface area contributed by atoms with Gasteiger partial charge in [-0.1, -0.05) is 13.8 Å². The number of carboxylic acid groups (broad SMARTS) is 1. The van der Waals surface area contributed by atoms with Gasteiger partial charge in [-0.3, -0.25) is 0 Å². The Morgan fingerprint density at radius 2 is 2.00 bits per heavy atom. The highest BCUT2D eigenvalue weighted by Gasteiger charge is 2.54. The van der Waals surface area contributed by atoms with Crippen molar-refractivity contribution >= 4 is 12.1 Å². The third-order valence-electron chi connectivity index (χ3n) is 3.45. The van der Waals surface area contributed by atoms with E-state index in [4.69, 9.17) is 4.74 Å².